The molecule has 0 aliphatic carbocycles. The van der Waals surface area contributed by atoms with Gasteiger partial charge in [-0.3, -0.25) is 4.79 Å². The Kier molecular flexibility index (Phi) is 5.98. The molecular formula is C18H29N3O. The maximum atomic E-state index is 12.3. The van der Waals surface area contributed by atoms with E-state index in [1.807, 2.05) is 30.3 Å². The minimum atomic E-state index is -0.595. The van der Waals surface area contributed by atoms with Gasteiger partial charge in [0.15, 0.2) is 0 Å². The van der Waals surface area contributed by atoms with Crippen LogP contribution in [-0.4, -0.2) is 36.5 Å². The van der Waals surface area contributed by atoms with Gasteiger partial charge in [0.2, 0.25) is 5.91 Å². The summed E-state index contributed by atoms with van der Waals surface area (Å²) in [5, 5.41) is 3.05. The molecule has 4 atom stereocenters. The summed E-state index contributed by atoms with van der Waals surface area (Å²) < 4.78 is 0. The first kappa shape index (κ1) is 17.0. The lowest BCUT2D eigenvalue weighted by Crippen LogP contribution is -2.48. The topological polar surface area (TPSA) is 58.4 Å². The number of hydrogen-bond acceptors (Lipinski definition) is 3. The Balaban J connectivity index is 1.83. The van der Waals surface area contributed by atoms with Crippen molar-refractivity contribution in [3.63, 3.8) is 0 Å². The summed E-state index contributed by atoms with van der Waals surface area (Å²) >= 11 is 0. The maximum absolute atomic E-state index is 12.3. The van der Waals surface area contributed by atoms with Gasteiger partial charge in [-0.05, 0) is 30.7 Å². The van der Waals surface area contributed by atoms with Gasteiger partial charge >= 0.3 is 0 Å². The number of carbonyl (C=O) groups excluding carboxylic acids is 1. The summed E-state index contributed by atoms with van der Waals surface area (Å²) in [6.07, 6.45) is 1.30. The number of carbonyl (C=O) groups is 1. The molecule has 1 amide bonds. The highest BCUT2D eigenvalue weighted by molar-refractivity contribution is 5.83. The lowest BCUT2D eigenvalue weighted by molar-refractivity contribution is -0.123. The molecule has 2 rings (SSSR count). The first-order valence-electron chi connectivity index (χ1n) is 8.29. The molecule has 122 valence electrons. The van der Waals surface area contributed by atoms with E-state index in [0.29, 0.717) is 0 Å². The zero-order chi connectivity index (χ0) is 16.1. The van der Waals surface area contributed by atoms with Gasteiger partial charge in [-0.2, -0.15) is 0 Å². The molecule has 1 aromatic rings. The molecular weight excluding hydrogens is 274 g/mol. The normalized spacial score (nSPS) is 25.5. The number of nitrogens with one attached hydrogen (secondary N) is 1. The minimum Gasteiger partial charge on any atom is -0.351 e. The van der Waals surface area contributed by atoms with Crippen LogP contribution in [0.2, 0.25) is 0 Å². The van der Waals surface area contributed by atoms with E-state index in [4.69, 9.17) is 5.73 Å². The quantitative estimate of drug-likeness (QED) is 0.876. The van der Waals surface area contributed by atoms with Crippen LogP contribution in [-0.2, 0) is 4.79 Å². The van der Waals surface area contributed by atoms with Crippen LogP contribution in [0.25, 0.3) is 0 Å². The summed E-state index contributed by atoms with van der Waals surface area (Å²) in [5.41, 5.74) is 6.89. The van der Waals surface area contributed by atoms with Gasteiger partial charge in [-0.15, -0.1) is 0 Å². The highest BCUT2D eigenvalue weighted by atomic mass is 16.2. The number of nitrogens with two attached hydrogens (primary N) is 1. The lowest BCUT2D eigenvalue weighted by Gasteiger charge is -2.36. The largest absolute Gasteiger partial charge is 0.351 e. The van der Waals surface area contributed by atoms with Gasteiger partial charge in [0, 0.05) is 25.7 Å². The number of likely N-dealkylation sites (tertiary alicyclic amines) is 1. The smallest absolute Gasteiger partial charge is 0.241 e. The van der Waals surface area contributed by atoms with Crippen molar-refractivity contribution in [3.05, 3.63) is 35.9 Å². The van der Waals surface area contributed by atoms with Crippen molar-refractivity contribution < 1.29 is 4.79 Å². The average molecular weight is 303 g/mol. The number of piperidine rings is 1. The third kappa shape index (κ3) is 4.82. The molecule has 1 fully saturated rings. The number of amides is 1. The second-order valence-corrected chi connectivity index (χ2v) is 6.96. The first-order valence-corrected chi connectivity index (χ1v) is 8.29. The molecule has 22 heavy (non-hydrogen) atoms. The predicted molar refractivity (Wildman–Crippen MR) is 90.4 cm³/mol. The maximum Gasteiger partial charge on any atom is 0.241 e. The molecule has 1 saturated heterocycles. The van der Waals surface area contributed by atoms with E-state index in [1.54, 1.807) is 0 Å². The highest BCUT2D eigenvalue weighted by Crippen LogP contribution is 2.21. The summed E-state index contributed by atoms with van der Waals surface area (Å²) in [6, 6.07) is 9.04. The van der Waals surface area contributed by atoms with Crippen LogP contribution in [0, 0.1) is 11.8 Å². The van der Waals surface area contributed by atoms with E-state index >= 15 is 0 Å². The predicted octanol–water partition coefficient (Wildman–Crippen LogP) is 2.17. The third-order valence-corrected chi connectivity index (χ3v) is 4.31. The Hall–Kier alpha value is -1.39. The fourth-order valence-corrected chi connectivity index (χ4v) is 3.52. The van der Waals surface area contributed by atoms with Crippen LogP contribution in [0.15, 0.2) is 30.3 Å². The molecule has 3 N–H and O–H groups in total. The molecule has 4 nitrogen and oxygen atoms in total. The molecule has 1 aromatic carbocycles. The van der Waals surface area contributed by atoms with Crippen molar-refractivity contribution in [2.75, 3.05) is 19.6 Å². The summed E-state index contributed by atoms with van der Waals surface area (Å²) in [4.78, 5) is 14.7. The zero-order valence-electron chi connectivity index (χ0n) is 14.0. The average Bonchev–Trinajstić information content (AvgIpc) is 2.46. The molecule has 0 radical (unpaired) electrons. The summed E-state index contributed by atoms with van der Waals surface area (Å²) in [7, 11) is 0. The van der Waals surface area contributed by atoms with Crippen molar-refractivity contribution in [1.29, 1.82) is 0 Å². The monoisotopic (exact) mass is 303 g/mol. The van der Waals surface area contributed by atoms with Gasteiger partial charge in [0.25, 0.3) is 0 Å². The standard InChI is InChI=1S/C18H29N3O/c1-13-9-14(2)11-21(10-13)12-15(3)20-18(22)17(19)16-7-5-4-6-8-16/h4-8,13-15,17H,9-12,19H2,1-3H3,(H,20,22). The van der Waals surface area contributed by atoms with E-state index in [2.05, 4.69) is 31.0 Å². The number of nitrogens with zero attached hydrogens (tertiary/aromatic N) is 1. The molecule has 4 heteroatoms. The van der Waals surface area contributed by atoms with Crippen molar-refractivity contribution in [1.82, 2.24) is 10.2 Å². The number of rotatable bonds is 5. The molecule has 0 bridgehead atoms. The Morgan fingerprint density at radius 3 is 2.45 bits per heavy atom. The Morgan fingerprint density at radius 2 is 1.86 bits per heavy atom. The molecule has 1 aliphatic heterocycles. The Morgan fingerprint density at radius 1 is 1.27 bits per heavy atom. The van der Waals surface area contributed by atoms with Crippen LogP contribution < -0.4 is 11.1 Å². The van der Waals surface area contributed by atoms with Crippen molar-refractivity contribution >= 4 is 5.91 Å². The van der Waals surface area contributed by atoms with E-state index in [9.17, 15) is 4.79 Å². The third-order valence-electron chi connectivity index (χ3n) is 4.31. The molecule has 0 spiro atoms. The second kappa shape index (κ2) is 7.75. The van der Waals surface area contributed by atoms with E-state index < -0.39 is 6.04 Å². The molecule has 4 unspecified atom stereocenters. The van der Waals surface area contributed by atoms with Crippen LogP contribution >= 0.6 is 0 Å². The fourth-order valence-electron chi connectivity index (χ4n) is 3.52. The number of hydrogen-bond donors (Lipinski definition) is 2. The van der Waals surface area contributed by atoms with Crippen molar-refractivity contribution in [2.45, 2.75) is 39.3 Å². The molecule has 1 heterocycles. The Bertz CT molecular complexity index is 466. The van der Waals surface area contributed by atoms with E-state index in [0.717, 1.165) is 37.0 Å². The van der Waals surface area contributed by atoms with Gasteiger partial charge in [-0.1, -0.05) is 44.2 Å². The van der Waals surface area contributed by atoms with Crippen molar-refractivity contribution in [2.24, 2.45) is 17.6 Å². The van der Waals surface area contributed by atoms with Crippen LogP contribution in [0.3, 0.4) is 0 Å². The zero-order valence-corrected chi connectivity index (χ0v) is 14.0. The molecule has 0 aromatic heterocycles. The minimum absolute atomic E-state index is 0.100. The summed E-state index contributed by atoms with van der Waals surface area (Å²) in [5.74, 6) is 1.37. The van der Waals surface area contributed by atoms with Crippen LogP contribution in [0.1, 0.15) is 38.8 Å². The van der Waals surface area contributed by atoms with Gasteiger partial charge in [0.05, 0.1) is 0 Å². The van der Waals surface area contributed by atoms with E-state index in [1.165, 1.54) is 6.42 Å². The van der Waals surface area contributed by atoms with Gasteiger partial charge in [0.1, 0.15) is 6.04 Å². The fraction of sp³-hybridized carbons (Fsp3) is 0.611. The first-order chi connectivity index (χ1) is 10.5. The SMILES string of the molecule is CC1CC(C)CN(CC(C)NC(=O)C(N)c2ccccc2)C1. The van der Waals surface area contributed by atoms with Crippen LogP contribution in [0.4, 0.5) is 0 Å². The van der Waals surface area contributed by atoms with Gasteiger partial charge < -0.3 is 16.0 Å². The summed E-state index contributed by atoms with van der Waals surface area (Å²) in [6.45, 7) is 9.79. The molecule has 1 aliphatic rings. The number of benzene rings is 1. The van der Waals surface area contributed by atoms with Crippen molar-refractivity contribution in [3.8, 4) is 0 Å². The lowest BCUT2D eigenvalue weighted by atomic mass is 9.91. The highest BCUT2D eigenvalue weighted by Gasteiger charge is 2.24. The van der Waals surface area contributed by atoms with E-state index in [-0.39, 0.29) is 11.9 Å². The van der Waals surface area contributed by atoms with Crippen LogP contribution in [0.5, 0.6) is 0 Å². The van der Waals surface area contributed by atoms with Gasteiger partial charge in [-0.25, -0.2) is 0 Å². The second-order valence-electron chi connectivity index (χ2n) is 6.96. The Labute approximate surface area is 134 Å². The molecule has 0 saturated carbocycles.